The van der Waals surface area contributed by atoms with Crippen LogP contribution in [0.15, 0.2) is 53.4 Å². The summed E-state index contributed by atoms with van der Waals surface area (Å²) in [6.45, 7) is 3.05. The van der Waals surface area contributed by atoms with Gasteiger partial charge in [-0.05, 0) is 36.8 Å². The number of carbonyl (C=O) groups excluding carboxylic acids is 2. The first-order valence-corrected chi connectivity index (χ1v) is 8.97. The van der Waals surface area contributed by atoms with Crippen LogP contribution >= 0.6 is 11.8 Å². The Labute approximate surface area is 152 Å². The molecule has 0 saturated carbocycles. The number of amides is 2. The van der Waals surface area contributed by atoms with E-state index in [1.165, 1.54) is 11.8 Å². The van der Waals surface area contributed by atoms with Crippen molar-refractivity contribution in [3.8, 4) is 5.75 Å². The van der Waals surface area contributed by atoms with Crippen molar-refractivity contribution >= 4 is 23.6 Å². The van der Waals surface area contributed by atoms with E-state index in [0.717, 1.165) is 16.2 Å². The molecule has 0 aliphatic heterocycles. The number of hydrogen-bond donors (Lipinski definition) is 1. The highest BCUT2D eigenvalue weighted by Crippen LogP contribution is 2.24. The quantitative estimate of drug-likeness (QED) is 0.737. The summed E-state index contributed by atoms with van der Waals surface area (Å²) >= 11 is 1.28. The van der Waals surface area contributed by atoms with Crippen LogP contribution in [0.1, 0.15) is 22.8 Å². The zero-order valence-corrected chi connectivity index (χ0v) is 15.2. The second-order valence-electron chi connectivity index (χ2n) is 5.49. The van der Waals surface area contributed by atoms with Gasteiger partial charge in [0.1, 0.15) is 5.75 Å². The summed E-state index contributed by atoms with van der Waals surface area (Å²) in [7, 11) is 1.76. The molecule has 25 heavy (non-hydrogen) atoms. The molecule has 0 atom stereocenters. The van der Waals surface area contributed by atoms with Crippen molar-refractivity contribution in [2.24, 2.45) is 5.73 Å². The largest absolute Gasteiger partial charge is 0.494 e. The maximum Gasteiger partial charge on any atom is 0.255 e. The normalized spacial score (nSPS) is 10.3. The molecule has 0 aliphatic carbocycles. The van der Waals surface area contributed by atoms with Gasteiger partial charge in [0.2, 0.25) is 5.91 Å². The molecule has 132 valence electrons. The average molecular weight is 358 g/mol. The molecule has 0 bridgehead atoms. The van der Waals surface area contributed by atoms with Crippen molar-refractivity contribution in [1.82, 2.24) is 4.90 Å². The Hall–Kier alpha value is -2.47. The molecule has 2 aromatic carbocycles. The number of benzene rings is 2. The third kappa shape index (κ3) is 5.53. The lowest BCUT2D eigenvalue weighted by Gasteiger charge is -2.19. The van der Waals surface area contributed by atoms with Gasteiger partial charge in [0.05, 0.1) is 17.9 Å². The molecule has 0 saturated heterocycles. The maximum atomic E-state index is 12.8. The molecule has 0 spiro atoms. The van der Waals surface area contributed by atoms with Crippen LogP contribution in [0.2, 0.25) is 0 Å². The topological polar surface area (TPSA) is 72.6 Å². The lowest BCUT2D eigenvalue weighted by atomic mass is 10.1. The summed E-state index contributed by atoms with van der Waals surface area (Å²) in [5.41, 5.74) is 6.78. The summed E-state index contributed by atoms with van der Waals surface area (Å²) in [6, 6.07) is 14.9. The fraction of sp³-hybridized carbons (Fsp3) is 0.263. The highest BCUT2D eigenvalue weighted by Gasteiger charge is 2.16. The molecule has 2 aromatic rings. The Bertz CT molecular complexity index is 732. The second kappa shape index (κ2) is 9.13. The van der Waals surface area contributed by atoms with E-state index in [-0.39, 0.29) is 11.7 Å². The molecule has 2 N–H and O–H groups in total. The second-order valence-corrected chi connectivity index (χ2v) is 6.51. The van der Waals surface area contributed by atoms with Crippen molar-refractivity contribution in [2.45, 2.75) is 18.4 Å². The fourth-order valence-electron chi connectivity index (χ4n) is 2.33. The Kier molecular flexibility index (Phi) is 6.89. The Morgan fingerprint density at radius 1 is 1.12 bits per heavy atom. The van der Waals surface area contributed by atoms with E-state index in [1.54, 1.807) is 18.0 Å². The van der Waals surface area contributed by atoms with Crippen LogP contribution in [-0.4, -0.2) is 36.1 Å². The third-order valence-electron chi connectivity index (χ3n) is 3.49. The first-order chi connectivity index (χ1) is 12.0. The summed E-state index contributed by atoms with van der Waals surface area (Å²) in [6.07, 6.45) is 0. The summed E-state index contributed by atoms with van der Waals surface area (Å²) in [5.74, 6) is 0.456. The highest BCUT2D eigenvalue weighted by atomic mass is 32.2. The van der Waals surface area contributed by atoms with E-state index in [9.17, 15) is 9.59 Å². The number of hydrogen-bond acceptors (Lipinski definition) is 4. The van der Waals surface area contributed by atoms with Gasteiger partial charge in [0.15, 0.2) is 0 Å². The molecule has 2 amide bonds. The number of ether oxygens (including phenoxy) is 1. The number of primary amides is 1. The Morgan fingerprint density at radius 2 is 1.80 bits per heavy atom. The predicted octanol–water partition coefficient (Wildman–Crippen LogP) is 2.93. The molecule has 0 fully saturated rings. The first-order valence-electron chi connectivity index (χ1n) is 7.98. The molecule has 0 aromatic heterocycles. The van der Waals surface area contributed by atoms with Gasteiger partial charge in [0, 0.05) is 18.5 Å². The van der Waals surface area contributed by atoms with E-state index in [4.69, 9.17) is 10.5 Å². The van der Waals surface area contributed by atoms with E-state index in [2.05, 4.69) is 0 Å². The van der Waals surface area contributed by atoms with Gasteiger partial charge in [-0.2, -0.15) is 0 Å². The van der Waals surface area contributed by atoms with Crippen molar-refractivity contribution in [2.75, 3.05) is 19.4 Å². The van der Waals surface area contributed by atoms with Crippen molar-refractivity contribution in [1.29, 1.82) is 0 Å². The van der Waals surface area contributed by atoms with Crippen LogP contribution in [0, 0.1) is 0 Å². The molecule has 0 unspecified atom stereocenters. The monoisotopic (exact) mass is 358 g/mol. The van der Waals surface area contributed by atoms with Gasteiger partial charge >= 0.3 is 0 Å². The van der Waals surface area contributed by atoms with Crippen LogP contribution in [0.5, 0.6) is 5.75 Å². The van der Waals surface area contributed by atoms with Crippen LogP contribution in [0.3, 0.4) is 0 Å². The Balaban J connectivity index is 2.07. The van der Waals surface area contributed by atoms with Crippen molar-refractivity contribution in [3.05, 3.63) is 59.7 Å². The first kappa shape index (κ1) is 18.9. The van der Waals surface area contributed by atoms with Crippen LogP contribution in [0.4, 0.5) is 0 Å². The van der Waals surface area contributed by atoms with E-state index in [1.807, 2.05) is 49.4 Å². The van der Waals surface area contributed by atoms with Gasteiger partial charge in [0.25, 0.3) is 5.91 Å². The standard InChI is InChI=1S/C19H22N2O3S/c1-3-24-15-10-8-14(9-11-15)12-21(2)19(23)16-6-4-5-7-17(16)25-13-18(20)22/h4-11H,3,12-13H2,1-2H3,(H2,20,22). The summed E-state index contributed by atoms with van der Waals surface area (Å²) in [5, 5.41) is 0. The molecule has 0 heterocycles. The Morgan fingerprint density at radius 3 is 2.44 bits per heavy atom. The number of thioether (sulfide) groups is 1. The van der Waals surface area contributed by atoms with Gasteiger partial charge in [-0.25, -0.2) is 0 Å². The molecule has 2 rings (SSSR count). The van der Waals surface area contributed by atoms with E-state index in [0.29, 0.717) is 18.7 Å². The molecule has 6 heteroatoms. The minimum Gasteiger partial charge on any atom is -0.494 e. The molecule has 0 radical (unpaired) electrons. The van der Waals surface area contributed by atoms with Crippen LogP contribution < -0.4 is 10.5 Å². The summed E-state index contributed by atoms with van der Waals surface area (Å²) in [4.78, 5) is 26.2. The molecular weight excluding hydrogens is 336 g/mol. The number of rotatable bonds is 8. The number of carbonyl (C=O) groups is 2. The minimum atomic E-state index is -0.407. The maximum absolute atomic E-state index is 12.8. The minimum absolute atomic E-state index is 0.0959. The average Bonchev–Trinajstić information content (AvgIpc) is 2.61. The van der Waals surface area contributed by atoms with Gasteiger partial charge in [-0.15, -0.1) is 11.8 Å². The van der Waals surface area contributed by atoms with Gasteiger partial charge in [-0.1, -0.05) is 24.3 Å². The smallest absolute Gasteiger partial charge is 0.255 e. The molecule has 5 nitrogen and oxygen atoms in total. The molecular formula is C19H22N2O3S. The van der Waals surface area contributed by atoms with Gasteiger partial charge < -0.3 is 15.4 Å². The highest BCUT2D eigenvalue weighted by molar-refractivity contribution is 8.00. The lowest BCUT2D eigenvalue weighted by molar-refractivity contribution is -0.115. The number of nitrogens with two attached hydrogens (primary N) is 1. The fourth-order valence-corrected chi connectivity index (χ4v) is 3.11. The van der Waals surface area contributed by atoms with E-state index < -0.39 is 5.91 Å². The SMILES string of the molecule is CCOc1ccc(CN(C)C(=O)c2ccccc2SCC(N)=O)cc1. The van der Waals surface area contributed by atoms with Crippen molar-refractivity contribution in [3.63, 3.8) is 0 Å². The lowest BCUT2D eigenvalue weighted by Crippen LogP contribution is -2.26. The zero-order chi connectivity index (χ0) is 18.2. The van der Waals surface area contributed by atoms with Crippen molar-refractivity contribution < 1.29 is 14.3 Å². The van der Waals surface area contributed by atoms with E-state index >= 15 is 0 Å². The predicted molar refractivity (Wildman–Crippen MR) is 99.8 cm³/mol. The van der Waals surface area contributed by atoms with Gasteiger partial charge in [-0.3, -0.25) is 9.59 Å². The molecule has 0 aliphatic rings. The number of nitrogens with zero attached hydrogens (tertiary/aromatic N) is 1. The zero-order valence-electron chi connectivity index (χ0n) is 14.4. The van der Waals surface area contributed by atoms with Crippen LogP contribution in [-0.2, 0) is 11.3 Å². The van der Waals surface area contributed by atoms with Crippen LogP contribution in [0.25, 0.3) is 0 Å². The summed E-state index contributed by atoms with van der Waals surface area (Å²) < 4.78 is 5.42. The third-order valence-corrected chi connectivity index (χ3v) is 4.58.